The van der Waals surface area contributed by atoms with Crippen LogP contribution in [0.25, 0.3) is 0 Å². The van der Waals surface area contributed by atoms with Gasteiger partial charge in [-0.3, -0.25) is 14.5 Å². The second-order valence-corrected chi connectivity index (χ2v) is 10.8. The van der Waals surface area contributed by atoms with Crippen molar-refractivity contribution in [2.75, 3.05) is 17.7 Å². The van der Waals surface area contributed by atoms with Crippen LogP contribution in [0.15, 0.2) is 11.4 Å². The van der Waals surface area contributed by atoms with Crippen molar-refractivity contribution in [3.63, 3.8) is 0 Å². The van der Waals surface area contributed by atoms with E-state index >= 15 is 0 Å². The first-order chi connectivity index (χ1) is 14.5. The fourth-order valence-electron chi connectivity index (χ4n) is 4.71. The van der Waals surface area contributed by atoms with E-state index < -0.39 is 34.2 Å². The maximum atomic E-state index is 13.8. The Hall–Kier alpha value is -2.20. The standard InChI is InChI=1S/C21H28N4O5S/c1-20(2,3)30-19(28)24-10-9-21(16(24)26)11-13-12-22-18(31(4)29)23-15(13)25(17(21)27)14-7-5-6-8-14/h12,14H,5-11H2,1-4H3. The maximum Gasteiger partial charge on any atom is 0.417 e. The summed E-state index contributed by atoms with van der Waals surface area (Å²) in [4.78, 5) is 51.2. The largest absolute Gasteiger partial charge is 0.609 e. The number of carbonyl (C=O) groups is 3. The Morgan fingerprint density at radius 3 is 2.55 bits per heavy atom. The van der Waals surface area contributed by atoms with Crippen molar-refractivity contribution in [2.45, 2.75) is 76.1 Å². The molecule has 3 amide bonds. The summed E-state index contributed by atoms with van der Waals surface area (Å²) in [7, 11) is 0. The molecule has 2 fully saturated rings. The highest BCUT2D eigenvalue weighted by molar-refractivity contribution is 7.90. The lowest BCUT2D eigenvalue weighted by atomic mass is 9.76. The summed E-state index contributed by atoms with van der Waals surface area (Å²) in [5, 5.41) is 0.165. The van der Waals surface area contributed by atoms with Gasteiger partial charge in [-0.1, -0.05) is 12.8 Å². The van der Waals surface area contributed by atoms with Gasteiger partial charge in [-0.15, -0.1) is 0 Å². The molecule has 31 heavy (non-hydrogen) atoms. The molecule has 1 aliphatic carbocycles. The van der Waals surface area contributed by atoms with E-state index in [0.29, 0.717) is 11.4 Å². The number of carbonyl (C=O) groups excluding carboxylic acids is 3. The first-order valence-corrected chi connectivity index (χ1v) is 12.2. The van der Waals surface area contributed by atoms with Crippen molar-refractivity contribution >= 4 is 34.9 Å². The van der Waals surface area contributed by atoms with E-state index in [0.717, 1.165) is 30.6 Å². The van der Waals surface area contributed by atoms with Crippen LogP contribution in [-0.2, 0) is 31.9 Å². The molecule has 0 bridgehead atoms. The molecule has 0 aromatic carbocycles. The third-order valence-corrected chi connectivity index (χ3v) is 6.86. The molecule has 9 nitrogen and oxygen atoms in total. The number of imide groups is 1. The van der Waals surface area contributed by atoms with Crippen molar-refractivity contribution in [3.8, 4) is 0 Å². The van der Waals surface area contributed by atoms with Gasteiger partial charge in [0.2, 0.25) is 11.8 Å². The summed E-state index contributed by atoms with van der Waals surface area (Å²) in [5.41, 5.74) is -1.44. The molecule has 1 aromatic heterocycles. The summed E-state index contributed by atoms with van der Waals surface area (Å²) < 4.78 is 17.3. The van der Waals surface area contributed by atoms with E-state index in [1.165, 1.54) is 6.26 Å². The molecule has 4 rings (SSSR count). The normalized spacial score (nSPS) is 25.3. The lowest BCUT2D eigenvalue weighted by Crippen LogP contribution is -2.57. The number of ether oxygens (including phenoxy) is 1. The van der Waals surface area contributed by atoms with Crippen LogP contribution in [0, 0.1) is 5.41 Å². The molecular formula is C21H28N4O5S. The minimum atomic E-state index is -1.39. The third kappa shape index (κ3) is 3.80. The lowest BCUT2D eigenvalue weighted by Gasteiger charge is -2.41. The van der Waals surface area contributed by atoms with Gasteiger partial charge in [-0.05, 0) is 40.0 Å². The Morgan fingerprint density at radius 1 is 1.26 bits per heavy atom. The van der Waals surface area contributed by atoms with E-state index in [-0.39, 0.29) is 36.5 Å². The number of rotatable bonds is 2. The second kappa shape index (κ2) is 7.74. The molecule has 3 heterocycles. The summed E-state index contributed by atoms with van der Waals surface area (Å²) in [5.74, 6) is -0.399. The van der Waals surface area contributed by atoms with E-state index in [1.807, 2.05) is 0 Å². The van der Waals surface area contributed by atoms with Crippen molar-refractivity contribution < 1.29 is 23.7 Å². The molecule has 0 N–H and O–H groups in total. The van der Waals surface area contributed by atoms with Gasteiger partial charge < -0.3 is 9.29 Å². The van der Waals surface area contributed by atoms with Crippen LogP contribution in [0.3, 0.4) is 0 Å². The Balaban J connectivity index is 1.73. The van der Waals surface area contributed by atoms with Crippen molar-refractivity contribution in [1.29, 1.82) is 0 Å². The molecule has 168 valence electrons. The topological polar surface area (TPSA) is 116 Å². The number of nitrogens with zero attached hydrogens (tertiary/aromatic N) is 4. The highest BCUT2D eigenvalue weighted by Gasteiger charge is 2.60. The van der Waals surface area contributed by atoms with Gasteiger partial charge in [0.05, 0.1) is 0 Å². The van der Waals surface area contributed by atoms with E-state index in [9.17, 15) is 18.9 Å². The average Bonchev–Trinajstić information content (AvgIpc) is 3.30. The molecule has 1 saturated carbocycles. The van der Waals surface area contributed by atoms with Crippen LogP contribution in [-0.4, -0.2) is 61.8 Å². The Labute approximate surface area is 184 Å². The molecule has 2 atom stereocenters. The van der Waals surface area contributed by atoms with Gasteiger partial charge in [0, 0.05) is 41.9 Å². The zero-order valence-electron chi connectivity index (χ0n) is 18.3. The van der Waals surface area contributed by atoms with Gasteiger partial charge in [-0.2, -0.15) is 9.97 Å². The van der Waals surface area contributed by atoms with E-state index in [4.69, 9.17) is 4.74 Å². The number of hydrogen-bond acceptors (Lipinski definition) is 7. The van der Waals surface area contributed by atoms with E-state index in [1.54, 1.807) is 31.9 Å². The van der Waals surface area contributed by atoms with Gasteiger partial charge in [0.25, 0.3) is 0 Å². The fourth-order valence-corrected chi connectivity index (χ4v) is 5.12. The number of hydrogen-bond donors (Lipinski definition) is 0. The number of amides is 3. The first-order valence-electron chi connectivity index (χ1n) is 10.6. The zero-order chi connectivity index (χ0) is 22.6. The lowest BCUT2D eigenvalue weighted by molar-refractivity contribution is -0.144. The van der Waals surface area contributed by atoms with Crippen LogP contribution in [0.5, 0.6) is 0 Å². The summed E-state index contributed by atoms with van der Waals surface area (Å²) in [6, 6.07) is -0.0696. The van der Waals surface area contributed by atoms with Crippen molar-refractivity contribution in [3.05, 3.63) is 11.8 Å². The first kappa shape index (κ1) is 22.0. The van der Waals surface area contributed by atoms with Crippen LogP contribution in [0.4, 0.5) is 10.6 Å². The minimum Gasteiger partial charge on any atom is -0.609 e. The molecule has 3 aliphatic rings. The van der Waals surface area contributed by atoms with Crippen molar-refractivity contribution in [1.82, 2.24) is 14.9 Å². The number of aromatic nitrogens is 2. The smallest absolute Gasteiger partial charge is 0.417 e. The van der Waals surface area contributed by atoms with Gasteiger partial charge in [0.1, 0.15) is 23.1 Å². The Kier molecular flexibility index (Phi) is 5.49. The van der Waals surface area contributed by atoms with Gasteiger partial charge in [-0.25, -0.2) is 9.69 Å². The molecule has 2 aliphatic heterocycles. The quantitative estimate of drug-likeness (QED) is 0.387. The molecule has 1 saturated heterocycles. The second-order valence-electron chi connectivity index (χ2n) is 9.51. The van der Waals surface area contributed by atoms with Crippen LogP contribution < -0.4 is 4.90 Å². The number of likely N-dealkylation sites (tertiary alicyclic amines) is 1. The third-order valence-electron chi connectivity index (χ3n) is 6.15. The average molecular weight is 449 g/mol. The summed E-state index contributed by atoms with van der Waals surface area (Å²) in [6.07, 6.45) is 6.31. The molecular weight excluding hydrogens is 420 g/mol. The molecule has 10 heteroatoms. The predicted octanol–water partition coefficient (Wildman–Crippen LogP) is 2.20. The molecule has 1 spiro atoms. The maximum absolute atomic E-state index is 13.8. The zero-order valence-corrected chi connectivity index (χ0v) is 19.2. The summed E-state index contributed by atoms with van der Waals surface area (Å²) >= 11 is -1.39. The molecule has 2 unspecified atom stereocenters. The Bertz CT molecular complexity index is 925. The van der Waals surface area contributed by atoms with Gasteiger partial charge in [0.15, 0.2) is 0 Å². The fraction of sp³-hybridized carbons (Fsp3) is 0.667. The molecule has 1 aromatic rings. The Morgan fingerprint density at radius 2 is 1.94 bits per heavy atom. The highest BCUT2D eigenvalue weighted by Crippen LogP contribution is 2.46. The van der Waals surface area contributed by atoms with Crippen LogP contribution in [0.1, 0.15) is 58.4 Å². The predicted molar refractivity (Wildman–Crippen MR) is 113 cm³/mol. The minimum absolute atomic E-state index is 0.0696. The number of fused-ring (bicyclic) bond motifs is 1. The summed E-state index contributed by atoms with van der Waals surface area (Å²) in [6.45, 7) is 5.33. The highest BCUT2D eigenvalue weighted by atomic mass is 32.2. The SMILES string of the molecule is C[S+]([O-])c1ncc2c(n1)N(C1CCCC1)C(=O)C1(CCN(C(=O)OC(C)(C)C)C1=O)C2. The van der Waals surface area contributed by atoms with Crippen LogP contribution >= 0.6 is 0 Å². The van der Waals surface area contributed by atoms with Gasteiger partial charge >= 0.3 is 11.2 Å². The van der Waals surface area contributed by atoms with Crippen molar-refractivity contribution in [2.24, 2.45) is 5.41 Å². The number of anilines is 1. The van der Waals surface area contributed by atoms with E-state index in [2.05, 4.69) is 9.97 Å². The van der Waals surface area contributed by atoms with Crippen LogP contribution in [0.2, 0.25) is 0 Å². The monoisotopic (exact) mass is 448 g/mol. The molecule has 0 radical (unpaired) electrons.